The number of rotatable bonds is 3. The predicted molar refractivity (Wildman–Crippen MR) is 74.7 cm³/mol. The van der Waals surface area contributed by atoms with E-state index in [2.05, 4.69) is 22.1 Å². The zero-order valence-corrected chi connectivity index (χ0v) is 11.8. The van der Waals surface area contributed by atoms with E-state index in [1.54, 1.807) is 25.2 Å². The second-order valence-electron chi connectivity index (χ2n) is 5.18. The van der Waals surface area contributed by atoms with Crippen LogP contribution in [-0.2, 0) is 4.79 Å². The van der Waals surface area contributed by atoms with Crippen LogP contribution in [0.4, 0.5) is 0 Å². The van der Waals surface area contributed by atoms with Crippen molar-refractivity contribution in [2.45, 2.75) is 19.0 Å². The van der Waals surface area contributed by atoms with Crippen molar-refractivity contribution in [3.8, 4) is 0 Å². The van der Waals surface area contributed by atoms with Crippen LogP contribution in [-0.4, -0.2) is 60.5 Å². The maximum absolute atomic E-state index is 12.5. The Morgan fingerprint density at radius 3 is 2.89 bits per heavy atom. The van der Waals surface area contributed by atoms with E-state index in [1.165, 1.54) is 0 Å². The van der Waals surface area contributed by atoms with E-state index in [0.717, 1.165) is 25.3 Å². The van der Waals surface area contributed by atoms with Crippen LogP contribution in [0.25, 0.3) is 0 Å². The van der Waals surface area contributed by atoms with Gasteiger partial charge in [0, 0.05) is 46.0 Å². The van der Waals surface area contributed by atoms with Gasteiger partial charge in [0.15, 0.2) is 0 Å². The van der Waals surface area contributed by atoms with E-state index < -0.39 is 0 Å². The first-order chi connectivity index (χ1) is 9.11. The van der Waals surface area contributed by atoms with Gasteiger partial charge in [-0.05, 0) is 19.1 Å². The minimum Gasteiger partial charge on any atom is -0.347 e. The highest BCUT2D eigenvalue weighted by Gasteiger charge is 2.34. The third-order valence-electron chi connectivity index (χ3n) is 3.53. The van der Waals surface area contributed by atoms with Crippen LogP contribution in [0.15, 0.2) is 24.4 Å². The zero-order valence-electron chi connectivity index (χ0n) is 11.8. The predicted octanol–water partition coefficient (Wildman–Crippen LogP) is 0.505. The van der Waals surface area contributed by atoms with E-state index in [0.29, 0.717) is 6.04 Å². The van der Waals surface area contributed by atoms with Crippen molar-refractivity contribution in [3.63, 3.8) is 0 Å². The van der Waals surface area contributed by atoms with E-state index >= 15 is 0 Å². The van der Waals surface area contributed by atoms with Crippen molar-refractivity contribution in [2.75, 3.05) is 33.7 Å². The molecule has 0 saturated carbocycles. The van der Waals surface area contributed by atoms with Gasteiger partial charge in [-0.1, -0.05) is 6.07 Å². The molecule has 2 atom stereocenters. The number of carbonyl (C=O) groups is 1. The summed E-state index contributed by atoms with van der Waals surface area (Å²) < 4.78 is 0. The number of nitrogens with one attached hydrogen (secondary N) is 1. The number of carbonyl (C=O) groups excluding carboxylic acids is 1. The number of piperazine rings is 1. The van der Waals surface area contributed by atoms with Gasteiger partial charge in [-0.3, -0.25) is 14.7 Å². The average Bonchev–Trinajstić information content (AvgIpc) is 2.42. The number of nitrogens with zero attached hydrogens (tertiary/aromatic N) is 3. The van der Waals surface area contributed by atoms with Gasteiger partial charge in [0.2, 0.25) is 5.91 Å². The molecule has 2 heterocycles. The second kappa shape index (κ2) is 6.12. The minimum atomic E-state index is -0.284. The lowest BCUT2D eigenvalue weighted by Gasteiger charge is -2.39. The Balaban J connectivity index is 2.31. The fraction of sp³-hybridized carbons (Fsp3) is 0.571. The quantitative estimate of drug-likeness (QED) is 0.862. The Hall–Kier alpha value is -1.46. The van der Waals surface area contributed by atoms with Crippen LogP contribution in [0, 0.1) is 0 Å². The first-order valence-corrected chi connectivity index (χ1v) is 6.70. The topological polar surface area (TPSA) is 48.5 Å². The Kier molecular flexibility index (Phi) is 4.50. The summed E-state index contributed by atoms with van der Waals surface area (Å²) >= 11 is 0. The third kappa shape index (κ3) is 3.11. The molecular weight excluding hydrogens is 240 g/mol. The van der Waals surface area contributed by atoms with Gasteiger partial charge >= 0.3 is 0 Å². The summed E-state index contributed by atoms with van der Waals surface area (Å²) in [5.74, 6) is 0.0902. The molecule has 1 fully saturated rings. The molecule has 1 aromatic heterocycles. The Morgan fingerprint density at radius 2 is 2.32 bits per heavy atom. The molecule has 0 bridgehead atoms. The van der Waals surface area contributed by atoms with Crippen molar-refractivity contribution in [2.24, 2.45) is 0 Å². The molecule has 0 spiro atoms. The molecule has 1 saturated heterocycles. The lowest BCUT2D eigenvalue weighted by atomic mass is 10.1. The third-order valence-corrected chi connectivity index (χ3v) is 3.53. The lowest BCUT2D eigenvalue weighted by molar-refractivity contribution is -0.136. The molecule has 1 aromatic rings. The molecule has 0 aromatic carbocycles. The van der Waals surface area contributed by atoms with Crippen molar-refractivity contribution in [1.82, 2.24) is 20.1 Å². The maximum atomic E-state index is 12.5. The highest BCUT2D eigenvalue weighted by Crippen LogP contribution is 2.23. The summed E-state index contributed by atoms with van der Waals surface area (Å²) in [5, 5.41) is 3.35. The van der Waals surface area contributed by atoms with E-state index in [-0.39, 0.29) is 11.9 Å². The van der Waals surface area contributed by atoms with Crippen LogP contribution in [0.1, 0.15) is 18.7 Å². The van der Waals surface area contributed by atoms with Crippen LogP contribution >= 0.6 is 0 Å². The minimum absolute atomic E-state index is 0.0902. The average molecular weight is 262 g/mol. The second-order valence-corrected chi connectivity index (χ2v) is 5.18. The summed E-state index contributed by atoms with van der Waals surface area (Å²) in [6.07, 6.45) is 1.75. The number of hydrogen-bond donors (Lipinski definition) is 1. The van der Waals surface area contributed by atoms with Crippen LogP contribution in [0.3, 0.4) is 0 Å². The fourth-order valence-electron chi connectivity index (χ4n) is 2.46. The van der Waals surface area contributed by atoms with Gasteiger partial charge in [0.05, 0.1) is 5.69 Å². The van der Waals surface area contributed by atoms with Crippen molar-refractivity contribution in [3.05, 3.63) is 30.1 Å². The Morgan fingerprint density at radius 1 is 1.53 bits per heavy atom. The highest BCUT2D eigenvalue weighted by molar-refractivity contribution is 5.82. The number of likely N-dealkylation sites (N-methyl/N-ethyl adjacent to an activating group) is 1. The normalized spacial score (nSPS) is 21.9. The van der Waals surface area contributed by atoms with Crippen molar-refractivity contribution >= 4 is 5.91 Å². The first-order valence-electron chi connectivity index (χ1n) is 6.70. The van der Waals surface area contributed by atoms with Crippen molar-refractivity contribution < 1.29 is 4.79 Å². The van der Waals surface area contributed by atoms with Gasteiger partial charge in [0.1, 0.15) is 6.04 Å². The molecule has 5 nitrogen and oxygen atoms in total. The summed E-state index contributed by atoms with van der Waals surface area (Å²) in [5.41, 5.74) is 0.829. The van der Waals surface area contributed by atoms with Gasteiger partial charge in [-0.2, -0.15) is 0 Å². The molecule has 1 amide bonds. The summed E-state index contributed by atoms with van der Waals surface area (Å²) in [6.45, 7) is 4.82. The molecule has 2 rings (SSSR count). The van der Waals surface area contributed by atoms with Crippen LogP contribution < -0.4 is 5.32 Å². The van der Waals surface area contributed by atoms with Gasteiger partial charge in [0.25, 0.3) is 0 Å². The highest BCUT2D eigenvalue weighted by atomic mass is 16.2. The number of aromatic nitrogens is 1. The van der Waals surface area contributed by atoms with Crippen LogP contribution in [0.2, 0.25) is 0 Å². The summed E-state index contributed by atoms with van der Waals surface area (Å²) in [7, 11) is 3.59. The summed E-state index contributed by atoms with van der Waals surface area (Å²) in [6, 6.07) is 5.78. The lowest BCUT2D eigenvalue weighted by Crippen LogP contribution is -2.54. The standard InChI is InChI=1S/C14H22N4O/c1-11-10-15-8-9-18(11)13(14(19)17(2)3)12-6-4-5-7-16-12/h4-7,11,13,15H,8-10H2,1-3H3. The van der Waals surface area contributed by atoms with Gasteiger partial charge < -0.3 is 10.2 Å². The van der Waals surface area contributed by atoms with E-state index in [4.69, 9.17) is 0 Å². The van der Waals surface area contributed by atoms with E-state index in [1.807, 2.05) is 18.2 Å². The molecule has 1 N–H and O–H groups in total. The Labute approximate surface area is 114 Å². The number of pyridine rings is 1. The molecular formula is C14H22N4O. The molecule has 1 aliphatic rings. The van der Waals surface area contributed by atoms with Crippen LogP contribution in [0.5, 0.6) is 0 Å². The molecule has 0 radical (unpaired) electrons. The molecule has 104 valence electrons. The largest absolute Gasteiger partial charge is 0.347 e. The summed E-state index contributed by atoms with van der Waals surface area (Å²) in [4.78, 5) is 20.8. The number of hydrogen-bond acceptors (Lipinski definition) is 4. The smallest absolute Gasteiger partial charge is 0.245 e. The fourth-order valence-corrected chi connectivity index (χ4v) is 2.46. The molecule has 0 aliphatic carbocycles. The molecule has 2 unspecified atom stereocenters. The Bertz CT molecular complexity index is 421. The van der Waals surface area contributed by atoms with E-state index in [9.17, 15) is 4.79 Å². The first kappa shape index (κ1) is 14.0. The molecule has 19 heavy (non-hydrogen) atoms. The SMILES string of the molecule is CC1CNCCN1C(C(=O)N(C)C)c1ccccn1. The number of amides is 1. The monoisotopic (exact) mass is 262 g/mol. The molecule has 5 heteroatoms. The zero-order chi connectivity index (χ0) is 13.8. The molecule has 1 aliphatic heterocycles. The van der Waals surface area contributed by atoms with Gasteiger partial charge in [-0.25, -0.2) is 0 Å². The van der Waals surface area contributed by atoms with Crippen molar-refractivity contribution in [1.29, 1.82) is 0 Å². The van der Waals surface area contributed by atoms with Gasteiger partial charge in [-0.15, -0.1) is 0 Å². The maximum Gasteiger partial charge on any atom is 0.245 e.